The summed E-state index contributed by atoms with van der Waals surface area (Å²) >= 11 is 0. The first-order valence-corrected chi connectivity index (χ1v) is 10.1. The number of nitrogens with one attached hydrogen (secondary N) is 2. The van der Waals surface area contributed by atoms with Crippen LogP contribution in [0.5, 0.6) is 5.75 Å². The third-order valence-electron chi connectivity index (χ3n) is 5.33. The predicted molar refractivity (Wildman–Crippen MR) is 110 cm³/mol. The second-order valence-electron chi connectivity index (χ2n) is 7.37. The second-order valence-corrected chi connectivity index (χ2v) is 7.37. The summed E-state index contributed by atoms with van der Waals surface area (Å²) in [5.41, 5.74) is 2.60. The highest BCUT2D eigenvalue weighted by Gasteiger charge is 2.17. The summed E-state index contributed by atoms with van der Waals surface area (Å²) in [6.45, 7) is 1.97. The van der Waals surface area contributed by atoms with E-state index in [1.54, 1.807) is 13.2 Å². The number of unbranched alkanes of at least 4 members (excludes halogenated alkanes) is 1. The Morgan fingerprint density at radius 2 is 2.00 bits per heavy atom. The molecule has 2 aromatic carbocycles. The summed E-state index contributed by atoms with van der Waals surface area (Å²) in [6.07, 6.45) is 5.04. The van der Waals surface area contributed by atoms with Crippen molar-refractivity contribution < 1.29 is 13.9 Å². The average Bonchev–Trinajstić information content (AvgIpc) is 2.73. The van der Waals surface area contributed by atoms with E-state index in [0.29, 0.717) is 18.0 Å². The monoisotopic (exact) mass is 384 g/mol. The first-order chi connectivity index (χ1) is 13.7. The summed E-state index contributed by atoms with van der Waals surface area (Å²) in [7, 11) is 1.66. The zero-order chi connectivity index (χ0) is 19.8. The molecule has 0 radical (unpaired) electrons. The molecular formula is C23H29FN2O2. The lowest BCUT2D eigenvalue weighted by atomic mass is 9.90. The van der Waals surface area contributed by atoms with Crippen LogP contribution in [0.2, 0.25) is 0 Å². The van der Waals surface area contributed by atoms with Gasteiger partial charge in [0.25, 0.3) is 0 Å². The molecule has 0 spiro atoms. The number of aryl methyl sites for hydroxylation is 1. The normalized spacial score (nSPS) is 14.6. The van der Waals surface area contributed by atoms with Crippen LogP contribution in [0.3, 0.4) is 0 Å². The van der Waals surface area contributed by atoms with Crippen molar-refractivity contribution in [2.45, 2.75) is 44.4 Å². The summed E-state index contributed by atoms with van der Waals surface area (Å²) < 4.78 is 19.4. The standard InChI is InChI=1S/C23H29FN2O2/c1-28-20-7-4-6-17(15-20)5-2-3-8-23(27)26-22-16-19(9-10-21(22)24)18-11-13-25-14-12-18/h4,6-7,9-10,15-16,18,25H,2-3,5,8,11-14H2,1H3,(H,26,27). The van der Waals surface area contributed by atoms with Crippen molar-refractivity contribution in [2.75, 3.05) is 25.5 Å². The number of halogens is 1. The van der Waals surface area contributed by atoms with Crippen LogP contribution in [0, 0.1) is 5.82 Å². The number of amides is 1. The Balaban J connectivity index is 1.47. The fourth-order valence-corrected chi connectivity index (χ4v) is 3.70. The lowest BCUT2D eigenvalue weighted by molar-refractivity contribution is -0.116. The predicted octanol–water partition coefficient (Wildman–Crippen LogP) is 4.65. The number of piperidine rings is 1. The van der Waals surface area contributed by atoms with E-state index in [4.69, 9.17) is 4.74 Å². The van der Waals surface area contributed by atoms with Crippen molar-refractivity contribution in [3.05, 3.63) is 59.4 Å². The highest BCUT2D eigenvalue weighted by atomic mass is 19.1. The minimum absolute atomic E-state index is 0.132. The van der Waals surface area contributed by atoms with Crippen LogP contribution in [0.4, 0.5) is 10.1 Å². The fraction of sp³-hybridized carbons (Fsp3) is 0.435. The lowest BCUT2D eigenvalue weighted by Crippen LogP contribution is -2.26. The van der Waals surface area contributed by atoms with Gasteiger partial charge in [-0.15, -0.1) is 0 Å². The minimum Gasteiger partial charge on any atom is -0.497 e. The SMILES string of the molecule is COc1cccc(CCCCC(=O)Nc2cc(C3CCNCC3)ccc2F)c1. The van der Waals surface area contributed by atoms with Crippen LogP contribution >= 0.6 is 0 Å². The van der Waals surface area contributed by atoms with Crippen LogP contribution in [0.15, 0.2) is 42.5 Å². The molecule has 150 valence electrons. The molecule has 2 N–H and O–H groups in total. The van der Waals surface area contributed by atoms with E-state index in [9.17, 15) is 9.18 Å². The van der Waals surface area contributed by atoms with Gasteiger partial charge >= 0.3 is 0 Å². The number of rotatable bonds is 8. The molecule has 2 aromatic rings. The molecule has 0 atom stereocenters. The number of methoxy groups -OCH3 is 1. The quantitative estimate of drug-likeness (QED) is 0.651. The number of hydrogen-bond donors (Lipinski definition) is 2. The van der Waals surface area contributed by atoms with E-state index in [-0.39, 0.29) is 11.7 Å². The summed E-state index contributed by atoms with van der Waals surface area (Å²) in [5.74, 6) is 0.772. The van der Waals surface area contributed by atoms with Gasteiger partial charge < -0.3 is 15.4 Å². The molecule has 4 nitrogen and oxygen atoms in total. The maximum absolute atomic E-state index is 14.1. The first-order valence-electron chi connectivity index (χ1n) is 10.1. The van der Waals surface area contributed by atoms with Gasteiger partial charge in [-0.25, -0.2) is 4.39 Å². The Hall–Kier alpha value is -2.40. The lowest BCUT2D eigenvalue weighted by Gasteiger charge is -2.23. The Labute approximate surface area is 166 Å². The van der Waals surface area contributed by atoms with E-state index in [1.807, 2.05) is 24.3 Å². The number of ether oxygens (including phenoxy) is 1. The second kappa shape index (κ2) is 10.2. The topological polar surface area (TPSA) is 50.4 Å². The molecule has 1 saturated heterocycles. The van der Waals surface area contributed by atoms with Crippen molar-refractivity contribution in [1.29, 1.82) is 0 Å². The Morgan fingerprint density at radius 3 is 2.79 bits per heavy atom. The number of hydrogen-bond acceptors (Lipinski definition) is 3. The van der Waals surface area contributed by atoms with Crippen molar-refractivity contribution in [3.63, 3.8) is 0 Å². The highest BCUT2D eigenvalue weighted by Crippen LogP contribution is 2.28. The molecular weight excluding hydrogens is 355 g/mol. The van der Waals surface area contributed by atoms with Gasteiger partial charge in [0.2, 0.25) is 5.91 Å². The van der Waals surface area contributed by atoms with Gasteiger partial charge in [-0.05, 0) is 86.5 Å². The maximum atomic E-state index is 14.1. The Kier molecular flexibility index (Phi) is 7.43. The van der Waals surface area contributed by atoms with E-state index in [0.717, 1.165) is 56.5 Å². The molecule has 1 heterocycles. The number of anilines is 1. The molecule has 1 aliphatic heterocycles. The third-order valence-corrected chi connectivity index (χ3v) is 5.33. The van der Waals surface area contributed by atoms with E-state index < -0.39 is 0 Å². The van der Waals surface area contributed by atoms with Crippen LogP contribution in [0.1, 0.15) is 49.1 Å². The van der Waals surface area contributed by atoms with Crippen molar-refractivity contribution in [1.82, 2.24) is 5.32 Å². The van der Waals surface area contributed by atoms with Gasteiger partial charge in [-0.3, -0.25) is 4.79 Å². The molecule has 0 unspecified atom stereocenters. The molecule has 0 saturated carbocycles. The zero-order valence-corrected chi connectivity index (χ0v) is 16.5. The van der Waals surface area contributed by atoms with Gasteiger partial charge in [0.05, 0.1) is 12.8 Å². The highest BCUT2D eigenvalue weighted by molar-refractivity contribution is 5.90. The fourth-order valence-electron chi connectivity index (χ4n) is 3.70. The molecule has 1 fully saturated rings. The first kappa shape index (κ1) is 20.3. The molecule has 1 amide bonds. The van der Waals surface area contributed by atoms with Crippen molar-refractivity contribution >= 4 is 11.6 Å². The number of benzene rings is 2. The number of carbonyl (C=O) groups is 1. The molecule has 0 aromatic heterocycles. The van der Waals surface area contributed by atoms with E-state index >= 15 is 0 Å². The maximum Gasteiger partial charge on any atom is 0.224 e. The minimum atomic E-state index is -0.373. The van der Waals surface area contributed by atoms with Crippen LogP contribution in [0.25, 0.3) is 0 Å². The van der Waals surface area contributed by atoms with Crippen LogP contribution in [-0.2, 0) is 11.2 Å². The Bertz CT molecular complexity index is 788. The van der Waals surface area contributed by atoms with Gasteiger partial charge in [0.15, 0.2) is 0 Å². The number of carbonyl (C=O) groups excluding carboxylic acids is 1. The van der Waals surface area contributed by atoms with E-state index in [2.05, 4.69) is 16.7 Å². The largest absolute Gasteiger partial charge is 0.497 e. The molecule has 28 heavy (non-hydrogen) atoms. The van der Waals surface area contributed by atoms with Crippen LogP contribution in [-0.4, -0.2) is 26.1 Å². The average molecular weight is 384 g/mol. The molecule has 1 aliphatic rings. The third kappa shape index (κ3) is 5.80. The van der Waals surface area contributed by atoms with Crippen molar-refractivity contribution in [3.8, 4) is 5.75 Å². The Morgan fingerprint density at radius 1 is 1.18 bits per heavy atom. The summed E-state index contributed by atoms with van der Waals surface area (Å²) in [6, 6.07) is 13.1. The molecule has 0 aliphatic carbocycles. The zero-order valence-electron chi connectivity index (χ0n) is 16.5. The summed E-state index contributed by atoms with van der Waals surface area (Å²) in [4.78, 5) is 12.3. The molecule has 5 heteroatoms. The molecule has 0 bridgehead atoms. The van der Waals surface area contributed by atoms with Gasteiger partial charge in [-0.1, -0.05) is 18.2 Å². The summed E-state index contributed by atoms with van der Waals surface area (Å²) in [5, 5.41) is 6.10. The smallest absolute Gasteiger partial charge is 0.224 e. The van der Waals surface area contributed by atoms with Gasteiger partial charge in [0, 0.05) is 6.42 Å². The van der Waals surface area contributed by atoms with Crippen molar-refractivity contribution in [2.24, 2.45) is 0 Å². The van der Waals surface area contributed by atoms with Gasteiger partial charge in [0.1, 0.15) is 11.6 Å². The molecule has 3 rings (SSSR count). The van der Waals surface area contributed by atoms with E-state index in [1.165, 1.54) is 11.6 Å². The van der Waals surface area contributed by atoms with Gasteiger partial charge in [-0.2, -0.15) is 0 Å². The van der Waals surface area contributed by atoms with Crippen LogP contribution < -0.4 is 15.4 Å².